The van der Waals surface area contributed by atoms with Crippen molar-refractivity contribution in [3.63, 3.8) is 0 Å². The minimum Gasteiger partial charge on any atom is -0.373 e. The van der Waals surface area contributed by atoms with E-state index in [0.29, 0.717) is 18.6 Å². The van der Waals surface area contributed by atoms with Gasteiger partial charge in [-0.1, -0.05) is 30.3 Å². The Kier molecular flexibility index (Phi) is 5.54. The van der Waals surface area contributed by atoms with Crippen molar-refractivity contribution in [3.05, 3.63) is 35.9 Å². The monoisotopic (exact) mass is 331 g/mol. The Bertz CT molecular complexity index is 549. The summed E-state index contributed by atoms with van der Waals surface area (Å²) in [5, 5.41) is 0. The van der Waals surface area contributed by atoms with Crippen LogP contribution in [0.1, 0.15) is 19.4 Å². The lowest BCUT2D eigenvalue weighted by Gasteiger charge is -2.36. The molecule has 0 spiro atoms. The molecule has 2 fully saturated rings. The molecule has 0 N–H and O–H groups in total. The fraction of sp³-hybridized carbons (Fsp3) is 0.632. The van der Waals surface area contributed by atoms with Crippen LogP contribution in [0, 0.1) is 0 Å². The molecule has 0 radical (unpaired) electrons. The molecular weight excluding hydrogens is 302 g/mol. The van der Waals surface area contributed by atoms with Crippen molar-refractivity contribution in [1.29, 1.82) is 0 Å². The molecule has 0 aliphatic carbocycles. The lowest BCUT2D eigenvalue weighted by molar-refractivity contribution is -0.131. The van der Waals surface area contributed by atoms with Gasteiger partial charge in [-0.25, -0.2) is 0 Å². The predicted molar refractivity (Wildman–Crippen MR) is 94.7 cm³/mol. The summed E-state index contributed by atoms with van der Waals surface area (Å²) in [4.78, 5) is 19.1. The van der Waals surface area contributed by atoms with Gasteiger partial charge in [0.25, 0.3) is 0 Å². The van der Waals surface area contributed by atoms with E-state index in [-0.39, 0.29) is 12.0 Å². The van der Waals surface area contributed by atoms with Gasteiger partial charge in [-0.15, -0.1) is 0 Å². The Morgan fingerprint density at radius 3 is 2.75 bits per heavy atom. The highest BCUT2D eigenvalue weighted by Crippen LogP contribution is 2.24. The van der Waals surface area contributed by atoms with E-state index in [9.17, 15) is 4.79 Å². The van der Waals surface area contributed by atoms with Crippen molar-refractivity contribution in [1.82, 2.24) is 14.7 Å². The van der Waals surface area contributed by atoms with Gasteiger partial charge >= 0.3 is 0 Å². The topological polar surface area (TPSA) is 36.0 Å². The molecular formula is C19H29N3O2. The molecule has 2 aliphatic rings. The number of hydrogen-bond acceptors (Lipinski definition) is 4. The smallest absolute Gasteiger partial charge is 0.236 e. The van der Waals surface area contributed by atoms with Gasteiger partial charge in [0.2, 0.25) is 5.91 Å². The Hall–Kier alpha value is -1.43. The normalized spacial score (nSPS) is 24.6. The highest BCUT2D eigenvalue weighted by atomic mass is 16.5. The van der Waals surface area contributed by atoms with E-state index in [4.69, 9.17) is 4.74 Å². The molecule has 5 heteroatoms. The molecule has 5 nitrogen and oxygen atoms in total. The van der Waals surface area contributed by atoms with Gasteiger partial charge in [0, 0.05) is 32.2 Å². The highest BCUT2D eigenvalue weighted by molar-refractivity contribution is 5.78. The summed E-state index contributed by atoms with van der Waals surface area (Å²) in [6, 6.07) is 11.2. The van der Waals surface area contributed by atoms with Crippen molar-refractivity contribution in [2.45, 2.75) is 38.6 Å². The Labute approximate surface area is 145 Å². The number of benzene rings is 1. The summed E-state index contributed by atoms with van der Waals surface area (Å²) in [5.41, 5.74) is 1.32. The lowest BCUT2D eigenvalue weighted by Crippen LogP contribution is -2.50. The van der Waals surface area contributed by atoms with Crippen molar-refractivity contribution in [2.75, 3.05) is 39.8 Å². The molecule has 2 aliphatic heterocycles. The Morgan fingerprint density at radius 1 is 1.29 bits per heavy atom. The van der Waals surface area contributed by atoms with Gasteiger partial charge in [-0.2, -0.15) is 0 Å². The number of carbonyl (C=O) groups excluding carboxylic acids is 1. The van der Waals surface area contributed by atoms with Crippen LogP contribution in [0.15, 0.2) is 30.3 Å². The minimum atomic E-state index is 0.149. The summed E-state index contributed by atoms with van der Waals surface area (Å²) < 4.78 is 5.95. The van der Waals surface area contributed by atoms with Crippen LogP contribution in [0.5, 0.6) is 0 Å². The Morgan fingerprint density at radius 2 is 2.04 bits per heavy atom. The van der Waals surface area contributed by atoms with Crippen LogP contribution < -0.4 is 0 Å². The van der Waals surface area contributed by atoms with Gasteiger partial charge in [0.05, 0.1) is 25.3 Å². The molecule has 3 rings (SSSR count). The summed E-state index contributed by atoms with van der Waals surface area (Å²) in [5.74, 6) is 0.212. The Balaban J connectivity index is 1.61. The second-order valence-corrected chi connectivity index (χ2v) is 7.24. The quantitative estimate of drug-likeness (QED) is 0.818. The maximum atomic E-state index is 12.6. The maximum absolute atomic E-state index is 12.6. The van der Waals surface area contributed by atoms with Gasteiger partial charge in [-0.3, -0.25) is 14.6 Å². The number of likely N-dealkylation sites (tertiary alicyclic amines) is 1. The van der Waals surface area contributed by atoms with E-state index < -0.39 is 0 Å². The number of nitrogens with zero attached hydrogens (tertiary/aromatic N) is 3. The average molecular weight is 331 g/mol. The third-order valence-corrected chi connectivity index (χ3v) is 5.26. The van der Waals surface area contributed by atoms with Crippen molar-refractivity contribution in [2.24, 2.45) is 0 Å². The average Bonchev–Trinajstić information content (AvgIpc) is 3.01. The number of amides is 1. The van der Waals surface area contributed by atoms with E-state index in [2.05, 4.69) is 47.9 Å². The first-order chi connectivity index (χ1) is 11.5. The molecule has 2 atom stereocenters. The van der Waals surface area contributed by atoms with E-state index in [1.807, 2.05) is 18.0 Å². The third kappa shape index (κ3) is 3.97. The van der Waals surface area contributed by atoms with Crippen LogP contribution in [0.3, 0.4) is 0 Å². The van der Waals surface area contributed by atoms with Crippen molar-refractivity contribution < 1.29 is 9.53 Å². The summed E-state index contributed by atoms with van der Waals surface area (Å²) >= 11 is 0. The molecule has 132 valence electrons. The molecule has 0 unspecified atom stereocenters. The van der Waals surface area contributed by atoms with Gasteiger partial charge in [0.1, 0.15) is 0 Å². The SMILES string of the molecule is CC(C)N(C)CC(=O)N1C[C@@H]2OCCN(Cc3ccccc3)[C@H]2C1. The molecule has 1 amide bonds. The van der Waals surface area contributed by atoms with Crippen LogP contribution in [-0.4, -0.2) is 78.6 Å². The third-order valence-electron chi connectivity index (χ3n) is 5.26. The molecule has 2 heterocycles. The number of carbonyl (C=O) groups is 1. The number of ether oxygens (including phenoxy) is 1. The minimum absolute atomic E-state index is 0.149. The maximum Gasteiger partial charge on any atom is 0.236 e. The lowest BCUT2D eigenvalue weighted by atomic mass is 10.1. The molecule has 24 heavy (non-hydrogen) atoms. The fourth-order valence-corrected chi connectivity index (χ4v) is 3.47. The zero-order chi connectivity index (χ0) is 17.1. The zero-order valence-electron chi connectivity index (χ0n) is 15.0. The summed E-state index contributed by atoms with van der Waals surface area (Å²) in [7, 11) is 2.00. The standard InChI is InChI=1S/C19H29N3O2/c1-15(2)20(3)14-19(23)22-12-17-18(13-22)24-10-9-21(17)11-16-7-5-4-6-8-16/h4-8,15,17-18H,9-14H2,1-3H3/t17-,18-/m0/s1. The molecule has 2 saturated heterocycles. The second kappa shape index (κ2) is 7.64. The number of morpholine rings is 1. The van der Waals surface area contributed by atoms with Crippen LogP contribution in [0.2, 0.25) is 0 Å². The number of likely N-dealkylation sites (N-methyl/N-ethyl adjacent to an activating group) is 1. The van der Waals surface area contributed by atoms with Crippen LogP contribution >= 0.6 is 0 Å². The van der Waals surface area contributed by atoms with E-state index in [1.54, 1.807) is 0 Å². The van der Waals surface area contributed by atoms with Gasteiger partial charge < -0.3 is 9.64 Å². The van der Waals surface area contributed by atoms with E-state index in [0.717, 1.165) is 32.8 Å². The molecule has 0 bridgehead atoms. The van der Waals surface area contributed by atoms with Gasteiger partial charge in [-0.05, 0) is 26.5 Å². The summed E-state index contributed by atoms with van der Waals surface area (Å²) in [6.07, 6.45) is 0.149. The first kappa shape index (κ1) is 17.4. The van der Waals surface area contributed by atoms with Crippen LogP contribution in [0.25, 0.3) is 0 Å². The first-order valence-corrected chi connectivity index (χ1v) is 8.92. The van der Waals surface area contributed by atoms with Crippen LogP contribution in [0.4, 0.5) is 0 Å². The van der Waals surface area contributed by atoms with Crippen LogP contribution in [-0.2, 0) is 16.1 Å². The second-order valence-electron chi connectivity index (χ2n) is 7.24. The molecule has 0 aromatic heterocycles. The first-order valence-electron chi connectivity index (χ1n) is 8.92. The zero-order valence-corrected chi connectivity index (χ0v) is 15.0. The van der Waals surface area contributed by atoms with Crippen molar-refractivity contribution >= 4 is 5.91 Å². The van der Waals surface area contributed by atoms with E-state index in [1.165, 1.54) is 5.56 Å². The number of rotatable bonds is 5. The molecule has 1 aromatic rings. The predicted octanol–water partition coefficient (Wildman–Crippen LogP) is 1.44. The van der Waals surface area contributed by atoms with Gasteiger partial charge in [0.15, 0.2) is 0 Å². The number of hydrogen-bond donors (Lipinski definition) is 0. The van der Waals surface area contributed by atoms with Crippen molar-refractivity contribution in [3.8, 4) is 0 Å². The largest absolute Gasteiger partial charge is 0.373 e. The fourth-order valence-electron chi connectivity index (χ4n) is 3.47. The molecule has 0 saturated carbocycles. The summed E-state index contributed by atoms with van der Waals surface area (Å²) in [6.45, 7) is 8.83. The number of fused-ring (bicyclic) bond motifs is 1. The van der Waals surface area contributed by atoms with E-state index >= 15 is 0 Å². The molecule has 1 aromatic carbocycles. The highest BCUT2D eigenvalue weighted by Gasteiger charge is 2.41.